The third kappa shape index (κ3) is 4.56. The smallest absolute Gasteiger partial charge is 0.303 e. The van der Waals surface area contributed by atoms with Gasteiger partial charge in [0.25, 0.3) is 0 Å². The highest BCUT2D eigenvalue weighted by atomic mass is 16.7. The summed E-state index contributed by atoms with van der Waals surface area (Å²) in [5.41, 5.74) is -0.864. The van der Waals surface area contributed by atoms with Gasteiger partial charge in [-0.1, -0.05) is 41.0 Å². The van der Waals surface area contributed by atoms with Crippen molar-refractivity contribution in [2.24, 2.45) is 50.7 Å². The molecule has 0 aromatic rings. The zero-order valence-corrected chi connectivity index (χ0v) is 31.1. The molecular formula is C40H65NO7. The minimum atomic E-state index is -1.25. The van der Waals surface area contributed by atoms with Crippen LogP contribution in [0.2, 0.25) is 0 Å². The molecule has 0 radical (unpaired) electrons. The maximum absolute atomic E-state index is 12.6. The number of aliphatic hydroxyl groups is 2. The second kappa shape index (κ2) is 11.1. The minimum absolute atomic E-state index is 0.0415. The van der Waals surface area contributed by atoms with Crippen LogP contribution in [0.25, 0.3) is 0 Å². The lowest BCUT2D eigenvalue weighted by Crippen LogP contribution is -2.60. The fourth-order valence-corrected chi connectivity index (χ4v) is 14.6. The summed E-state index contributed by atoms with van der Waals surface area (Å²) in [5, 5.41) is 23.6. The number of carbonyl (C=O) groups is 1. The average molecular weight is 672 g/mol. The molecule has 272 valence electrons. The molecule has 8 heteroatoms. The molecule has 8 nitrogen and oxygen atoms in total. The van der Waals surface area contributed by atoms with Crippen molar-refractivity contribution in [3.63, 3.8) is 0 Å². The van der Waals surface area contributed by atoms with E-state index in [9.17, 15) is 15.0 Å². The Morgan fingerprint density at radius 2 is 1.71 bits per heavy atom. The number of nitrogens with zero attached hydrogens (tertiary/aromatic N) is 1. The Bertz CT molecular complexity index is 1280. The molecule has 0 bridgehead atoms. The third-order valence-corrected chi connectivity index (χ3v) is 17.1. The predicted octanol–water partition coefficient (Wildman–Crippen LogP) is 6.10. The van der Waals surface area contributed by atoms with E-state index >= 15 is 0 Å². The largest absolute Gasteiger partial charge is 0.457 e. The van der Waals surface area contributed by atoms with E-state index in [-0.39, 0.29) is 52.0 Å². The SMILES string of the molecule is CC(=O)O[C@@H](C1C[C@@H](C)[C@H]2C(O1)[C@H](O)[C@@]1(C)C3CC[C@H]4C(C)(C)C(O[C@H]5CN(C6CCC6)CCO5)CC[C@@]45C[C@@]35CC[C@]21C)C(C)(C)O. The molecule has 2 spiro atoms. The van der Waals surface area contributed by atoms with Crippen molar-refractivity contribution in [3.8, 4) is 0 Å². The lowest BCUT2D eigenvalue weighted by Gasteiger charge is -2.64. The average Bonchev–Trinajstić information content (AvgIpc) is 3.61. The van der Waals surface area contributed by atoms with Crippen LogP contribution in [0, 0.1) is 50.7 Å². The van der Waals surface area contributed by atoms with E-state index in [1.54, 1.807) is 13.8 Å². The van der Waals surface area contributed by atoms with Gasteiger partial charge >= 0.3 is 5.97 Å². The minimum Gasteiger partial charge on any atom is -0.457 e. The molecule has 0 aromatic heterocycles. The summed E-state index contributed by atoms with van der Waals surface area (Å²) in [4.78, 5) is 14.7. The maximum atomic E-state index is 12.6. The molecule has 8 fully saturated rings. The molecule has 2 heterocycles. The highest BCUT2D eigenvalue weighted by Gasteiger charge is 2.84. The lowest BCUT2D eigenvalue weighted by molar-refractivity contribution is -0.252. The molecule has 2 N–H and O–H groups in total. The monoisotopic (exact) mass is 671 g/mol. The number of ether oxygens (including phenoxy) is 4. The highest BCUT2D eigenvalue weighted by molar-refractivity contribution is 5.66. The fraction of sp³-hybridized carbons (Fsp3) is 0.975. The number of rotatable bonds is 6. The van der Waals surface area contributed by atoms with Crippen molar-refractivity contribution < 1.29 is 34.0 Å². The van der Waals surface area contributed by atoms with Crippen LogP contribution in [0.15, 0.2) is 0 Å². The molecular weight excluding hydrogens is 606 g/mol. The summed E-state index contributed by atoms with van der Waals surface area (Å²) >= 11 is 0. The number of carbonyl (C=O) groups excluding carboxylic acids is 1. The second-order valence-corrected chi connectivity index (χ2v) is 19.7. The van der Waals surface area contributed by atoms with E-state index in [4.69, 9.17) is 18.9 Å². The van der Waals surface area contributed by atoms with Gasteiger partial charge in [-0.3, -0.25) is 9.69 Å². The van der Waals surface area contributed by atoms with E-state index in [1.165, 1.54) is 51.9 Å². The first kappa shape index (κ1) is 34.3. The van der Waals surface area contributed by atoms with Gasteiger partial charge in [-0.25, -0.2) is 0 Å². The first-order chi connectivity index (χ1) is 22.5. The van der Waals surface area contributed by atoms with Crippen molar-refractivity contribution in [2.75, 3.05) is 19.7 Å². The molecule has 0 aromatic carbocycles. The Morgan fingerprint density at radius 1 is 1.00 bits per heavy atom. The number of hydrogen-bond acceptors (Lipinski definition) is 8. The van der Waals surface area contributed by atoms with Gasteiger partial charge in [0.2, 0.25) is 0 Å². The summed E-state index contributed by atoms with van der Waals surface area (Å²) in [7, 11) is 0. The number of esters is 1. The Hall–Kier alpha value is -0.770. The van der Waals surface area contributed by atoms with Crippen LogP contribution >= 0.6 is 0 Å². The number of fused-ring (bicyclic) bond motifs is 4. The molecule has 0 amide bonds. The maximum Gasteiger partial charge on any atom is 0.303 e. The van der Waals surface area contributed by atoms with E-state index < -0.39 is 29.9 Å². The van der Waals surface area contributed by atoms with E-state index in [0.717, 1.165) is 45.0 Å². The van der Waals surface area contributed by atoms with Gasteiger partial charge in [0.15, 0.2) is 12.4 Å². The van der Waals surface area contributed by atoms with Crippen molar-refractivity contribution in [2.45, 2.75) is 174 Å². The van der Waals surface area contributed by atoms with Crippen molar-refractivity contribution in [1.82, 2.24) is 4.90 Å². The first-order valence-corrected chi connectivity index (χ1v) is 19.7. The highest BCUT2D eigenvalue weighted by Crippen LogP contribution is 2.89. The standard InChI is InChI=1S/C40H65NO7/c1-23-20-26(34(36(5,6)44)46-24(2)42)47-32-31(23)37(7)16-17-40-22-39(40)15-14-29(48-30-21-41(18-19-45-30)25-10-9-11-25)35(3,4)27(39)12-13-28(40)38(37,8)33(32)43/h23,25-34,43-44H,9-22H2,1-8H3/t23-,26?,27+,28?,29?,30+,31+,32?,33+,34+,37-,38-,39-,40+/m1/s1. The van der Waals surface area contributed by atoms with Gasteiger partial charge in [-0.15, -0.1) is 0 Å². The van der Waals surface area contributed by atoms with Crippen molar-refractivity contribution >= 4 is 5.97 Å². The Labute approximate surface area is 289 Å². The number of morpholine rings is 1. The van der Waals surface area contributed by atoms with E-state index in [1.807, 2.05) is 0 Å². The number of hydrogen-bond donors (Lipinski definition) is 2. The molecule has 2 aliphatic heterocycles. The van der Waals surface area contributed by atoms with Crippen LogP contribution in [-0.2, 0) is 23.7 Å². The van der Waals surface area contributed by atoms with E-state index in [0.29, 0.717) is 23.7 Å². The molecule has 14 atom stereocenters. The summed E-state index contributed by atoms with van der Waals surface area (Å²) in [5.74, 6) is 1.18. The van der Waals surface area contributed by atoms with E-state index in [2.05, 4.69) is 39.5 Å². The quantitative estimate of drug-likeness (QED) is 0.327. The fourth-order valence-electron chi connectivity index (χ4n) is 14.6. The van der Waals surface area contributed by atoms with Gasteiger partial charge in [0.1, 0.15) is 0 Å². The molecule has 6 saturated carbocycles. The van der Waals surface area contributed by atoms with Gasteiger partial charge in [0.05, 0.1) is 36.6 Å². The Kier molecular flexibility index (Phi) is 7.95. The summed E-state index contributed by atoms with van der Waals surface area (Å²) in [6.45, 7) is 19.7. The molecule has 4 unspecified atom stereocenters. The zero-order valence-electron chi connectivity index (χ0n) is 31.1. The van der Waals surface area contributed by atoms with Crippen LogP contribution in [0.3, 0.4) is 0 Å². The Balaban J connectivity index is 1.03. The lowest BCUT2D eigenvalue weighted by atomic mass is 9.41. The van der Waals surface area contributed by atoms with Gasteiger partial charge in [0, 0.05) is 31.5 Å². The van der Waals surface area contributed by atoms with Crippen molar-refractivity contribution in [3.05, 3.63) is 0 Å². The molecule has 8 aliphatic rings. The van der Waals surface area contributed by atoms with Crippen molar-refractivity contribution in [1.29, 1.82) is 0 Å². The van der Waals surface area contributed by atoms with Gasteiger partial charge in [-0.2, -0.15) is 0 Å². The molecule has 6 aliphatic carbocycles. The van der Waals surface area contributed by atoms with Crippen LogP contribution in [0.1, 0.15) is 126 Å². The Morgan fingerprint density at radius 3 is 2.38 bits per heavy atom. The van der Waals surface area contributed by atoms with Crippen LogP contribution in [0.4, 0.5) is 0 Å². The van der Waals surface area contributed by atoms with Crippen LogP contribution < -0.4 is 0 Å². The normalized spacial score (nSPS) is 52.1. The van der Waals surface area contributed by atoms with Crippen LogP contribution in [-0.4, -0.2) is 89.2 Å². The molecule has 8 rings (SSSR count). The molecule has 2 saturated heterocycles. The zero-order chi connectivity index (χ0) is 34.2. The third-order valence-electron chi connectivity index (χ3n) is 17.1. The van der Waals surface area contributed by atoms with Gasteiger partial charge in [-0.05, 0) is 123 Å². The summed E-state index contributed by atoms with van der Waals surface area (Å²) in [6.07, 6.45) is 11.0. The van der Waals surface area contributed by atoms with Gasteiger partial charge < -0.3 is 29.2 Å². The number of aliphatic hydroxyl groups excluding tert-OH is 1. The van der Waals surface area contributed by atoms with Crippen LogP contribution in [0.5, 0.6) is 0 Å². The first-order valence-electron chi connectivity index (χ1n) is 19.7. The second-order valence-electron chi connectivity index (χ2n) is 19.7. The topological polar surface area (TPSA) is 97.7 Å². The summed E-state index contributed by atoms with van der Waals surface area (Å²) < 4.78 is 25.8. The predicted molar refractivity (Wildman–Crippen MR) is 182 cm³/mol. The molecule has 48 heavy (non-hydrogen) atoms. The summed E-state index contributed by atoms with van der Waals surface area (Å²) in [6, 6.07) is 0.730.